The summed E-state index contributed by atoms with van der Waals surface area (Å²) in [6.07, 6.45) is 1.09. The summed E-state index contributed by atoms with van der Waals surface area (Å²) in [4.78, 5) is 14.5. The number of aromatic nitrogens is 1. The molecule has 0 amide bonds. The van der Waals surface area contributed by atoms with Crippen molar-refractivity contribution in [1.29, 1.82) is 0 Å². The summed E-state index contributed by atoms with van der Waals surface area (Å²) >= 11 is 0. The van der Waals surface area contributed by atoms with Gasteiger partial charge in [0.15, 0.2) is 5.69 Å². The number of anilines is 1. The van der Waals surface area contributed by atoms with Crippen LogP contribution in [0.4, 0.5) is 6.01 Å². The van der Waals surface area contributed by atoms with Crippen LogP contribution in [0, 0.1) is 0 Å². The predicted molar refractivity (Wildman–Crippen MR) is 37.9 cm³/mol. The Labute approximate surface area is 68.1 Å². The van der Waals surface area contributed by atoms with Gasteiger partial charge in [-0.2, -0.15) is 4.98 Å². The maximum absolute atomic E-state index is 10.9. The van der Waals surface area contributed by atoms with Gasteiger partial charge in [0.25, 0.3) is 0 Å². The molecule has 0 aliphatic rings. The Morgan fingerprint density at radius 3 is 3.17 bits per heavy atom. The number of nitrogens with zero attached hydrogens (tertiary/aromatic N) is 1. The topological polar surface area (TPSA) is 84.6 Å². The second kappa shape index (κ2) is 3.72. The average molecular weight is 172 g/mol. The van der Waals surface area contributed by atoms with Crippen LogP contribution in [0.5, 0.6) is 0 Å². The third kappa shape index (κ3) is 1.73. The minimum atomic E-state index is -0.581. The van der Waals surface area contributed by atoms with Crippen LogP contribution in [0.3, 0.4) is 0 Å². The van der Waals surface area contributed by atoms with Crippen molar-refractivity contribution in [1.82, 2.24) is 4.98 Å². The van der Waals surface area contributed by atoms with Crippen molar-refractivity contribution in [3.63, 3.8) is 0 Å². The highest BCUT2D eigenvalue weighted by atomic mass is 16.5. The van der Waals surface area contributed by atoms with Gasteiger partial charge in [-0.1, -0.05) is 0 Å². The van der Waals surface area contributed by atoms with Crippen LogP contribution in [0.2, 0.25) is 0 Å². The number of hydrogen-bond acceptors (Lipinski definition) is 6. The van der Waals surface area contributed by atoms with Crippen LogP contribution < -0.4 is 5.48 Å². The molecular weight excluding hydrogens is 164 g/mol. The minimum absolute atomic E-state index is 0.0217. The van der Waals surface area contributed by atoms with Crippen molar-refractivity contribution in [2.24, 2.45) is 0 Å². The molecule has 0 saturated carbocycles. The molecule has 6 heteroatoms. The summed E-state index contributed by atoms with van der Waals surface area (Å²) in [5.74, 6) is -0.581. The van der Waals surface area contributed by atoms with Gasteiger partial charge in [-0.3, -0.25) is 5.21 Å². The molecule has 0 saturated heterocycles. The van der Waals surface area contributed by atoms with Crippen molar-refractivity contribution in [2.75, 3.05) is 12.1 Å². The van der Waals surface area contributed by atoms with E-state index in [1.807, 2.05) is 0 Å². The van der Waals surface area contributed by atoms with Crippen LogP contribution in [0.25, 0.3) is 0 Å². The van der Waals surface area contributed by atoms with Crippen molar-refractivity contribution in [3.8, 4) is 0 Å². The molecular formula is C6H8N2O4. The van der Waals surface area contributed by atoms with Gasteiger partial charge in [0.1, 0.15) is 6.26 Å². The van der Waals surface area contributed by atoms with E-state index in [0.29, 0.717) is 0 Å². The highest BCUT2D eigenvalue weighted by Gasteiger charge is 2.11. The van der Waals surface area contributed by atoms with E-state index >= 15 is 0 Å². The van der Waals surface area contributed by atoms with Gasteiger partial charge in [0.2, 0.25) is 0 Å². The first kappa shape index (κ1) is 8.54. The van der Waals surface area contributed by atoms with Crippen LogP contribution in [-0.4, -0.2) is 22.8 Å². The molecule has 2 N–H and O–H groups in total. The van der Waals surface area contributed by atoms with E-state index in [-0.39, 0.29) is 18.3 Å². The van der Waals surface area contributed by atoms with Crippen molar-refractivity contribution in [3.05, 3.63) is 12.0 Å². The third-order valence-electron chi connectivity index (χ3n) is 1.08. The molecule has 12 heavy (non-hydrogen) atoms. The zero-order chi connectivity index (χ0) is 8.97. The molecule has 0 aliphatic heterocycles. The molecule has 66 valence electrons. The van der Waals surface area contributed by atoms with E-state index in [1.165, 1.54) is 0 Å². The second-order valence-electron chi connectivity index (χ2n) is 1.87. The predicted octanol–water partition coefficient (Wildman–Crippen LogP) is 0.652. The molecule has 0 atom stereocenters. The first-order chi connectivity index (χ1) is 5.77. The van der Waals surface area contributed by atoms with Crippen LogP contribution >= 0.6 is 0 Å². The zero-order valence-electron chi connectivity index (χ0n) is 6.40. The molecule has 1 aromatic heterocycles. The lowest BCUT2D eigenvalue weighted by Crippen LogP contribution is -2.04. The molecule has 0 fully saturated rings. The van der Waals surface area contributed by atoms with Crippen LogP contribution in [0.15, 0.2) is 10.7 Å². The van der Waals surface area contributed by atoms with Gasteiger partial charge < -0.3 is 9.15 Å². The number of rotatable bonds is 3. The third-order valence-corrected chi connectivity index (χ3v) is 1.08. The van der Waals surface area contributed by atoms with E-state index in [4.69, 9.17) is 5.21 Å². The van der Waals surface area contributed by atoms with Gasteiger partial charge in [0, 0.05) is 0 Å². The van der Waals surface area contributed by atoms with E-state index in [9.17, 15) is 4.79 Å². The molecule has 0 spiro atoms. The van der Waals surface area contributed by atoms with Crippen LogP contribution in [0.1, 0.15) is 17.4 Å². The summed E-state index contributed by atoms with van der Waals surface area (Å²) in [5, 5.41) is 8.30. The summed E-state index contributed by atoms with van der Waals surface area (Å²) in [5.41, 5.74) is 1.68. The number of carbonyl (C=O) groups is 1. The van der Waals surface area contributed by atoms with Gasteiger partial charge in [-0.15, -0.1) is 0 Å². The standard InChI is InChI=1S/C6H8N2O4/c1-2-11-5(9)4-3-12-6(7-4)8-10/h3,10H,2H2,1H3,(H,7,8). The number of carbonyl (C=O) groups excluding carboxylic acids is 1. The van der Waals surface area contributed by atoms with Crippen molar-refractivity contribution < 1.29 is 19.2 Å². The second-order valence-corrected chi connectivity index (χ2v) is 1.87. The fraction of sp³-hybridized carbons (Fsp3) is 0.333. The largest absolute Gasteiger partial charge is 0.461 e. The smallest absolute Gasteiger partial charge is 0.360 e. The Balaban J connectivity index is 2.68. The molecule has 1 heterocycles. The molecule has 1 aromatic rings. The quantitative estimate of drug-likeness (QED) is 0.514. The Morgan fingerprint density at radius 2 is 2.67 bits per heavy atom. The lowest BCUT2D eigenvalue weighted by molar-refractivity contribution is 0.0519. The molecule has 0 aromatic carbocycles. The van der Waals surface area contributed by atoms with Gasteiger partial charge >= 0.3 is 12.0 Å². The van der Waals surface area contributed by atoms with Gasteiger partial charge in [0.05, 0.1) is 6.61 Å². The number of nitrogens with one attached hydrogen (secondary N) is 1. The molecule has 0 aliphatic carbocycles. The summed E-state index contributed by atoms with van der Waals surface area (Å²) < 4.78 is 9.22. The fourth-order valence-corrected chi connectivity index (χ4v) is 0.624. The van der Waals surface area contributed by atoms with E-state index in [0.717, 1.165) is 6.26 Å². The van der Waals surface area contributed by atoms with E-state index < -0.39 is 5.97 Å². The molecule has 0 radical (unpaired) electrons. The van der Waals surface area contributed by atoms with Crippen LogP contribution in [-0.2, 0) is 4.74 Å². The van der Waals surface area contributed by atoms with E-state index in [1.54, 1.807) is 12.4 Å². The molecule has 0 unspecified atom stereocenters. The Morgan fingerprint density at radius 1 is 1.92 bits per heavy atom. The summed E-state index contributed by atoms with van der Waals surface area (Å²) in [7, 11) is 0. The SMILES string of the molecule is CCOC(=O)c1coc(NO)n1. The maximum atomic E-state index is 10.9. The highest BCUT2D eigenvalue weighted by Crippen LogP contribution is 2.06. The normalized spacial score (nSPS) is 9.50. The fourth-order valence-electron chi connectivity index (χ4n) is 0.624. The van der Waals surface area contributed by atoms with E-state index in [2.05, 4.69) is 14.1 Å². The Hall–Kier alpha value is -1.56. The Bertz CT molecular complexity index is 270. The number of ether oxygens (including phenoxy) is 1. The van der Waals surface area contributed by atoms with Crippen molar-refractivity contribution >= 4 is 12.0 Å². The monoisotopic (exact) mass is 172 g/mol. The highest BCUT2D eigenvalue weighted by molar-refractivity contribution is 5.87. The number of hydrogen-bond donors (Lipinski definition) is 2. The minimum Gasteiger partial charge on any atom is -0.461 e. The Kier molecular flexibility index (Phi) is 2.65. The molecule has 1 rings (SSSR count). The van der Waals surface area contributed by atoms with Gasteiger partial charge in [-0.05, 0) is 6.92 Å². The lowest BCUT2D eigenvalue weighted by atomic mass is 10.5. The summed E-state index contributed by atoms with van der Waals surface area (Å²) in [6, 6.07) is -0.141. The average Bonchev–Trinajstić information content (AvgIpc) is 2.52. The number of oxazole rings is 1. The lowest BCUT2D eigenvalue weighted by Gasteiger charge is -1.94. The first-order valence-corrected chi connectivity index (χ1v) is 3.30. The van der Waals surface area contributed by atoms with Crippen molar-refractivity contribution in [2.45, 2.75) is 6.92 Å². The molecule has 0 bridgehead atoms. The maximum Gasteiger partial charge on any atom is 0.360 e. The zero-order valence-corrected chi connectivity index (χ0v) is 6.40. The van der Waals surface area contributed by atoms with Gasteiger partial charge in [-0.25, -0.2) is 10.3 Å². The number of esters is 1. The summed E-state index contributed by atoms with van der Waals surface area (Å²) in [6.45, 7) is 1.96. The molecule has 6 nitrogen and oxygen atoms in total. The first-order valence-electron chi connectivity index (χ1n) is 3.30.